The van der Waals surface area contributed by atoms with Crippen LogP contribution < -0.4 is 5.32 Å². The summed E-state index contributed by atoms with van der Waals surface area (Å²) in [5, 5.41) is 2.82. The van der Waals surface area contributed by atoms with Crippen molar-refractivity contribution in [3.05, 3.63) is 35.4 Å². The van der Waals surface area contributed by atoms with E-state index in [-0.39, 0.29) is 11.9 Å². The van der Waals surface area contributed by atoms with Crippen LogP contribution in [0.15, 0.2) is 24.3 Å². The molecule has 1 unspecified atom stereocenters. The monoisotopic (exact) mass is 291 g/mol. The summed E-state index contributed by atoms with van der Waals surface area (Å²) in [5.74, 6) is 0.213. The van der Waals surface area contributed by atoms with Gasteiger partial charge in [0, 0.05) is 18.5 Å². The molecule has 1 aromatic carbocycles. The Bertz CT molecular complexity index is 454. The molecule has 0 aromatic heterocycles. The van der Waals surface area contributed by atoms with E-state index in [9.17, 15) is 9.59 Å². The molecular formula is C17H25NO3. The first-order chi connectivity index (χ1) is 10.1. The Kier molecular flexibility index (Phi) is 7.51. The van der Waals surface area contributed by atoms with Gasteiger partial charge in [0.05, 0.1) is 6.61 Å². The first-order valence-electron chi connectivity index (χ1n) is 7.62. The SMILES string of the molecule is CCC(=O)OCCCNC(=O)c1ccc(C(C)CC)cc1. The van der Waals surface area contributed by atoms with Crippen LogP contribution in [-0.4, -0.2) is 25.0 Å². The van der Waals surface area contributed by atoms with Crippen molar-refractivity contribution in [2.45, 2.75) is 46.0 Å². The summed E-state index contributed by atoms with van der Waals surface area (Å²) >= 11 is 0. The van der Waals surface area contributed by atoms with Gasteiger partial charge in [0.25, 0.3) is 5.91 Å². The quantitative estimate of drug-likeness (QED) is 0.591. The number of carbonyl (C=O) groups excluding carboxylic acids is 2. The molecule has 116 valence electrons. The molecule has 0 heterocycles. The number of ether oxygens (including phenoxy) is 1. The maximum Gasteiger partial charge on any atom is 0.305 e. The van der Waals surface area contributed by atoms with Crippen molar-refractivity contribution in [3.8, 4) is 0 Å². The van der Waals surface area contributed by atoms with Crippen LogP contribution in [0.1, 0.15) is 61.9 Å². The standard InChI is InChI=1S/C17H25NO3/c1-4-13(3)14-7-9-15(10-8-14)17(20)18-11-6-12-21-16(19)5-2/h7-10,13H,4-6,11-12H2,1-3H3,(H,18,20). The van der Waals surface area contributed by atoms with Gasteiger partial charge in [-0.1, -0.05) is 32.9 Å². The van der Waals surface area contributed by atoms with Gasteiger partial charge < -0.3 is 10.1 Å². The van der Waals surface area contributed by atoms with Gasteiger partial charge in [-0.15, -0.1) is 0 Å². The zero-order valence-electron chi connectivity index (χ0n) is 13.1. The summed E-state index contributed by atoms with van der Waals surface area (Å²) in [6.07, 6.45) is 2.10. The van der Waals surface area contributed by atoms with E-state index in [2.05, 4.69) is 19.2 Å². The molecule has 0 fully saturated rings. The summed E-state index contributed by atoms with van der Waals surface area (Å²) in [5.41, 5.74) is 1.91. The zero-order chi connectivity index (χ0) is 15.7. The van der Waals surface area contributed by atoms with Crippen molar-refractivity contribution in [1.82, 2.24) is 5.32 Å². The number of hydrogen-bond donors (Lipinski definition) is 1. The molecule has 1 rings (SSSR count). The van der Waals surface area contributed by atoms with E-state index >= 15 is 0 Å². The second-order valence-electron chi connectivity index (χ2n) is 5.11. The summed E-state index contributed by atoms with van der Waals surface area (Å²) in [4.78, 5) is 22.9. The van der Waals surface area contributed by atoms with Gasteiger partial charge in [0.1, 0.15) is 0 Å². The Hall–Kier alpha value is -1.84. The highest BCUT2D eigenvalue weighted by Crippen LogP contribution is 2.18. The normalized spacial score (nSPS) is 11.8. The minimum atomic E-state index is -0.207. The minimum Gasteiger partial charge on any atom is -0.466 e. The number of rotatable bonds is 8. The van der Waals surface area contributed by atoms with Gasteiger partial charge in [0.2, 0.25) is 0 Å². The topological polar surface area (TPSA) is 55.4 Å². The Morgan fingerprint density at radius 3 is 2.43 bits per heavy atom. The molecule has 1 N–H and O–H groups in total. The zero-order valence-corrected chi connectivity index (χ0v) is 13.1. The highest BCUT2D eigenvalue weighted by atomic mass is 16.5. The highest BCUT2D eigenvalue weighted by molar-refractivity contribution is 5.94. The van der Waals surface area contributed by atoms with Crippen LogP contribution in [0, 0.1) is 0 Å². The minimum absolute atomic E-state index is 0.0903. The largest absolute Gasteiger partial charge is 0.466 e. The van der Waals surface area contributed by atoms with Gasteiger partial charge in [-0.25, -0.2) is 0 Å². The molecule has 0 bridgehead atoms. The van der Waals surface area contributed by atoms with E-state index in [0.29, 0.717) is 37.5 Å². The van der Waals surface area contributed by atoms with Crippen molar-refractivity contribution >= 4 is 11.9 Å². The van der Waals surface area contributed by atoms with E-state index in [4.69, 9.17) is 4.74 Å². The molecule has 4 nitrogen and oxygen atoms in total. The summed E-state index contributed by atoms with van der Waals surface area (Å²) in [7, 11) is 0. The van der Waals surface area contributed by atoms with Crippen molar-refractivity contribution < 1.29 is 14.3 Å². The van der Waals surface area contributed by atoms with Gasteiger partial charge in [-0.3, -0.25) is 9.59 Å². The third kappa shape index (κ3) is 5.98. The Balaban J connectivity index is 2.33. The van der Waals surface area contributed by atoms with Crippen LogP contribution in [0.2, 0.25) is 0 Å². The fraction of sp³-hybridized carbons (Fsp3) is 0.529. The van der Waals surface area contributed by atoms with Crippen molar-refractivity contribution in [2.24, 2.45) is 0 Å². The number of hydrogen-bond acceptors (Lipinski definition) is 3. The maximum absolute atomic E-state index is 11.9. The van der Waals surface area contributed by atoms with E-state index in [1.165, 1.54) is 5.56 Å². The average Bonchev–Trinajstić information content (AvgIpc) is 2.53. The number of amides is 1. The van der Waals surface area contributed by atoms with E-state index in [1.54, 1.807) is 6.92 Å². The fourth-order valence-electron chi connectivity index (χ4n) is 1.86. The van der Waals surface area contributed by atoms with Crippen molar-refractivity contribution in [1.29, 1.82) is 0 Å². The van der Waals surface area contributed by atoms with Crippen LogP contribution in [0.3, 0.4) is 0 Å². The number of esters is 1. The number of carbonyl (C=O) groups is 2. The van der Waals surface area contributed by atoms with E-state index in [1.807, 2.05) is 24.3 Å². The lowest BCUT2D eigenvalue weighted by Crippen LogP contribution is -2.25. The molecule has 0 aliphatic rings. The molecule has 0 saturated carbocycles. The molecule has 1 aromatic rings. The second-order valence-corrected chi connectivity index (χ2v) is 5.11. The molecular weight excluding hydrogens is 266 g/mol. The number of nitrogens with one attached hydrogen (secondary N) is 1. The smallest absolute Gasteiger partial charge is 0.305 e. The lowest BCUT2D eigenvalue weighted by atomic mass is 9.97. The summed E-state index contributed by atoms with van der Waals surface area (Å²) in [6.45, 7) is 6.93. The van der Waals surface area contributed by atoms with Crippen molar-refractivity contribution in [2.75, 3.05) is 13.2 Å². The molecule has 1 amide bonds. The molecule has 0 saturated heterocycles. The molecule has 21 heavy (non-hydrogen) atoms. The molecule has 4 heteroatoms. The fourth-order valence-corrected chi connectivity index (χ4v) is 1.86. The van der Waals surface area contributed by atoms with Crippen LogP contribution in [0.4, 0.5) is 0 Å². The lowest BCUT2D eigenvalue weighted by molar-refractivity contribution is -0.143. The van der Waals surface area contributed by atoms with Gasteiger partial charge in [-0.05, 0) is 36.5 Å². The first kappa shape index (κ1) is 17.2. The predicted molar refractivity (Wildman–Crippen MR) is 83.3 cm³/mol. The highest BCUT2D eigenvalue weighted by Gasteiger charge is 2.07. The van der Waals surface area contributed by atoms with Crippen LogP contribution in [-0.2, 0) is 9.53 Å². The second kappa shape index (κ2) is 9.16. The van der Waals surface area contributed by atoms with Gasteiger partial charge in [0.15, 0.2) is 0 Å². The van der Waals surface area contributed by atoms with Crippen LogP contribution >= 0.6 is 0 Å². The van der Waals surface area contributed by atoms with Gasteiger partial charge >= 0.3 is 5.97 Å². The molecule has 0 radical (unpaired) electrons. The Morgan fingerprint density at radius 1 is 1.19 bits per heavy atom. The third-order valence-corrected chi connectivity index (χ3v) is 3.51. The van der Waals surface area contributed by atoms with Crippen LogP contribution in [0.5, 0.6) is 0 Å². The summed E-state index contributed by atoms with van der Waals surface area (Å²) in [6, 6.07) is 7.72. The molecule has 0 spiro atoms. The van der Waals surface area contributed by atoms with Crippen molar-refractivity contribution in [3.63, 3.8) is 0 Å². The summed E-state index contributed by atoms with van der Waals surface area (Å²) < 4.78 is 4.94. The van der Waals surface area contributed by atoms with Gasteiger partial charge in [-0.2, -0.15) is 0 Å². The maximum atomic E-state index is 11.9. The number of benzene rings is 1. The van der Waals surface area contributed by atoms with Crippen LogP contribution in [0.25, 0.3) is 0 Å². The Morgan fingerprint density at radius 2 is 1.86 bits per heavy atom. The lowest BCUT2D eigenvalue weighted by Gasteiger charge is -2.10. The predicted octanol–water partition coefficient (Wildman–Crippen LogP) is 3.27. The van der Waals surface area contributed by atoms with E-state index < -0.39 is 0 Å². The molecule has 0 aliphatic heterocycles. The molecule has 1 atom stereocenters. The molecule has 0 aliphatic carbocycles. The van der Waals surface area contributed by atoms with E-state index in [0.717, 1.165) is 6.42 Å². The Labute approximate surface area is 126 Å². The third-order valence-electron chi connectivity index (χ3n) is 3.51. The average molecular weight is 291 g/mol. The first-order valence-corrected chi connectivity index (χ1v) is 7.62.